The molecule has 0 aliphatic heterocycles. The third-order valence-electron chi connectivity index (χ3n) is 4.81. The number of rotatable bonds is 8. The second kappa shape index (κ2) is 8.62. The van der Waals surface area contributed by atoms with Crippen LogP contribution in [0.4, 0.5) is 0 Å². The van der Waals surface area contributed by atoms with E-state index in [1.54, 1.807) is 14.2 Å². The number of hydrogen-bond donors (Lipinski definition) is 2. The Bertz CT molecular complexity index is 917. The van der Waals surface area contributed by atoms with Crippen molar-refractivity contribution in [2.24, 2.45) is 0 Å². The number of benzene rings is 2. The first-order valence-corrected chi connectivity index (χ1v) is 9.18. The average Bonchev–Trinajstić information content (AvgIpc) is 3.10. The number of aromatic amines is 1. The number of para-hydroxylation sites is 1. The van der Waals surface area contributed by atoms with E-state index in [2.05, 4.69) is 22.4 Å². The second-order valence-corrected chi connectivity index (χ2v) is 6.62. The molecule has 1 aromatic heterocycles. The predicted octanol–water partition coefficient (Wildman–Crippen LogP) is 4.39. The van der Waals surface area contributed by atoms with Gasteiger partial charge in [-0.25, -0.2) is 0 Å². The lowest BCUT2D eigenvalue weighted by Crippen LogP contribution is -2.26. The molecule has 5 heteroatoms. The maximum Gasteiger partial charge on any atom is 0.220 e. The van der Waals surface area contributed by atoms with E-state index in [4.69, 9.17) is 9.47 Å². The summed E-state index contributed by atoms with van der Waals surface area (Å²) < 4.78 is 10.6. The summed E-state index contributed by atoms with van der Waals surface area (Å²) in [5.41, 5.74) is 3.38. The van der Waals surface area contributed by atoms with Gasteiger partial charge in [-0.05, 0) is 49.1 Å². The summed E-state index contributed by atoms with van der Waals surface area (Å²) >= 11 is 0. The Hall–Kier alpha value is -2.95. The molecule has 1 unspecified atom stereocenters. The zero-order valence-electron chi connectivity index (χ0n) is 16.0. The summed E-state index contributed by atoms with van der Waals surface area (Å²) in [6.45, 7) is 1.97. The lowest BCUT2D eigenvalue weighted by atomic mass is 10.1. The number of carbonyl (C=O) groups is 1. The molecule has 0 spiro atoms. The van der Waals surface area contributed by atoms with Crippen LogP contribution in [-0.4, -0.2) is 25.1 Å². The van der Waals surface area contributed by atoms with Crippen molar-refractivity contribution in [1.29, 1.82) is 0 Å². The standard InChI is InChI=1S/C22H26N2O3/c1-15(16-11-12-20(26-2)21(13-16)27-3)24-22(25)10-6-7-17-14-23-19-9-5-4-8-18(17)19/h4-5,8-9,11-15,23H,6-7,10H2,1-3H3,(H,24,25). The highest BCUT2D eigenvalue weighted by Crippen LogP contribution is 2.30. The molecule has 0 saturated carbocycles. The van der Waals surface area contributed by atoms with Crippen LogP contribution in [0.1, 0.15) is 36.9 Å². The Kier molecular flexibility index (Phi) is 6.01. The topological polar surface area (TPSA) is 63.3 Å². The van der Waals surface area contributed by atoms with Crippen LogP contribution >= 0.6 is 0 Å². The first-order valence-electron chi connectivity index (χ1n) is 9.18. The highest BCUT2D eigenvalue weighted by Gasteiger charge is 2.13. The van der Waals surface area contributed by atoms with Gasteiger partial charge >= 0.3 is 0 Å². The molecule has 0 aliphatic carbocycles. The molecule has 1 heterocycles. The molecule has 1 atom stereocenters. The normalized spacial score (nSPS) is 12.0. The van der Waals surface area contributed by atoms with Crippen molar-refractivity contribution in [3.8, 4) is 11.5 Å². The summed E-state index contributed by atoms with van der Waals surface area (Å²) in [6, 6.07) is 13.8. The molecule has 0 aliphatic rings. The van der Waals surface area contributed by atoms with Crippen molar-refractivity contribution in [3.63, 3.8) is 0 Å². The fourth-order valence-electron chi connectivity index (χ4n) is 3.30. The van der Waals surface area contributed by atoms with Gasteiger partial charge in [0.1, 0.15) is 0 Å². The first kappa shape index (κ1) is 18.8. The molecular weight excluding hydrogens is 340 g/mol. The van der Waals surface area contributed by atoms with Gasteiger partial charge in [0.25, 0.3) is 0 Å². The average molecular weight is 366 g/mol. The number of aromatic nitrogens is 1. The lowest BCUT2D eigenvalue weighted by molar-refractivity contribution is -0.121. The number of amides is 1. The SMILES string of the molecule is COc1ccc(C(C)NC(=O)CCCc2c[nH]c3ccccc23)cc1OC. The van der Waals surface area contributed by atoms with E-state index in [0.717, 1.165) is 23.9 Å². The van der Waals surface area contributed by atoms with E-state index < -0.39 is 0 Å². The lowest BCUT2D eigenvalue weighted by Gasteiger charge is -2.16. The van der Waals surface area contributed by atoms with E-state index in [0.29, 0.717) is 17.9 Å². The minimum Gasteiger partial charge on any atom is -0.493 e. The maximum atomic E-state index is 12.3. The Morgan fingerprint density at radius 3 is 2.67 bits per heavy atom. The number of H-pyrrole nitrogens is 1. The summed E-state index contributed by atoms with van der Waals surface area (Å²) in [5.74, 6) is 1.39. The molecule has 0 radical (unpaired) electrons. The minimum absolute atomic E-state index is 0.0529. The summed E-state index contributed by atoms with van der Waals surface area (Å²) in [6.07, 6.45) is 4.22. The Morgan fingerprint density at radius 2 is 1.89 bits per heavy atom. The van der Waals surface area contributed by atoms with Crippen LogP contribution in [0.25, 0.3) is 10.9 Å². The predicted molar refractivity (Wildman–Crippen MR) is 107 cm³/mol. The molecule has 2 aromatic carbocycles. The van der Waals surface area contributed by atoms with Crippen molar-refractivity contribution < 1.29 is 14.3 Å². The molecule has 3 aromatic rings. The molecule has 0 saturated heterocycles. The molecule has 3 rings (SSSR count). The van der Waals surface area contributed by atoms with Crippen molar-refractivity contribution in [1.82, 2.24) is 10.3 Å². The number of aryl methyl sites for hydroxylation is 1. The monoisotopic (exact) mass is 366 g/mol. The number of nitrogens with one attached hydrogen (secondary N) is 2. The van der Waals surface area contributed by atoms with Crippen LogP contribution in [0.2, 0.25) is 0 Å². The summed E-state index contributed by atoms with van der Waals surface area (Å²) in [7, 11) is 3.21. The van der Waals surface area contributed by atoms with Crippen LogP contribution in [-0.2, 0) is 11.2 Å². The smallest absolute Gasteiger partial charge is 0.220 e. The van der Waals surface area contributed by atoms with Crippen molar-refractivity contribution in [3.05, 3.63) is 59.8 Å². The van der Waals surface area contributed by atoms with Gasteiger partial charge in [-0.3, -0.25) is 4.79 Å². The zero-order valence-corrected chi connectivity index (χ0v) is 16.0. The van der Waals surface area contributed by atoms with Gasteiger partial charge in [-0.15, -0.1) is 0 Å². The van der Waals surface area contributed by atoms with Gasteiger partial charge in [-0.2, -0.15) is 0 Å². The number of fused-ring (bicyclic) bond motifs is 1. The summed E-state index contributed by atoms with van der Waals surface area (Å²) in [5, 5.41) is 4.29. The van der Waals surface area contributed by atoms with Gasteiger partial charge < -0.3 is 19.8 Å². The van der Waals surface area contributed by atoms with Gasteiger partial charge in [0.15, 0.2) is 11.5 Å². The Balaban J connectivity index is 1.53. The van der Waals surface area contributed by atoms with E-state index in [-0.39, 0.29) is 11.9 Å². The van der Waals surface area contributed by atoms with Gasteiger partial charge in [0, 0.05) is 23.5 Å². The van der Waals surface area contributed by atoms with E-state index in [1.165, 1.54) is 10.9 Å². The molecule has 142 valence electrons. The van der Waals surface area contributed by atoms with Crippen LogP contribution in [0.3, 0.4) is 0 Å². The largest absolute Gasteiger partial charge is 0.493 e. The Labute approximate surface area is 159 Å². The molecular formula is C22H26N2O3. The highest BCUT2D eigenvalue weighted by molar-refractivity contribution is 5.83. The molecule has 27 heavy (non-hydrogen) atoms. The van der Waals surface area contributed by atoms with E-state index in [9.17, 15) is 4.79 Å². The fourth-order valence-corrected chi connectivity index (χ4v) is 3.30. The van der Waals surface area contributed by atoms with Crippen LogP contribution in [0.15, 0.2) is 48.7 Å². The van der Waals surface area contributed by atoms with Crippen LogP contribution in [0.5, 0.6) is 11.5 Å². The van der Waals surface area contributed by atoms with Gasteiger partial charge in [0.05, 0.1) is 20.3 Å². The third kappa shape index (κ3) is 4.42. The maximum absolute atomic E-state index is 12.3. The molecule has 0 fully saturated rings. The zero-order chi connectivity index (χ0) is 19.2. The van der Waals surface area contributed by atoms with Gasteiger partial charge in [-0.1, -0.05) is 24.3 Å². The molecule has 5 nitrogen and oxygen atoms in total. The van der Waals surface area contributed by atoms with Crippen LogP contribution in [0, 0.1) is 0 Å². The second-order valence-electron chi connectivity index (χ2n) is 6.62. The molecule has 2 N–H and O–H groups in total. The first-order chi connectivity index (χ1) is 13.1. The van der Waals surface area contributed by atoms with E-state index >= 15 is 0 Å². The summed E-state index contributed by atoms with van der Waals surface area (Å²) in [4.78, 5) is 15.6. The number of ether oxygens (including phenoxy) is 2. The number of methoxy groups -OCH3 is 2. The number of carbonyl (C=O) groups excluding carboxylic acids is 1. The van der Waals surface area contributed by atoms with Crippen LogP contribution < -0.4 is 14.8 Å². The van der Waals surface area contributed by atoms with Crippen molar-refractivity contribution in [2.45, 2.75) is 32.2 Å². The highest BCUT2D eigenvalue weighted by atomic mass is 16.5. The number of hydrogen-bond acceptors (Lipinski definition) is 3. The van der Waals surface area contributed by atoms with Gasteiger partial charge in [0.2, 0.25) is 5.91 Å². The van der Waals surface area contributed by atoms with E-state index in [1.807, 2.05) is 43.5 Å². The Morgan fingerprint density at radius 1 is 1.11 bits per heavy atom. The quantitative estimate of drug-likeness (QED) is 0.622. The molecule has 1 amide bonds. The van der Waals surface area contributed by atoms with Crippen molar-refractivity contribution in [2.75, 3.05) is 14.2 Å². The van der Waals surface area contributed by atoms with Crippen molar-refractivity contribution >= 4 is 16.8 Å². The minimum atomic E-state index is -0.0922. The fraction of sp³-hybridized carbons (Fsp3) is 0.318. The molecule has 0 bridgehead atoms. The third-order valence-corrected chi connectivity index (χ3v) is 4.81.